The highest BCUT2D eigenvalue weighted by Gasteiger charge is 2.26. The lowest BCUT2D eigenvalue weighted by Gasteiger charge is -2.17. The van der Waals surface area contributed by atoms with Crippen LogP contribution in [0.3, 0.4) is 0 Å². The fraction of sp³-hybridized carbons (Fsp3) is 0.400. The maximum atomic E-state index is 11.0. The van der Waals surface area contributed by atoms with Crippen LogP contribution in [-0.2, 0) is 0 Å². The maximum Gasteiger partial charge on any atom is 0.407 e. The zero-order chi connectivity index (χ0) is 17.3. The van der Waals surface area contributed by atoms with Gasteiger partial charge in [-0.05, 0) is 24.1 Å². The van der Waals surface area contributed by atoms with Crippen molar-refractivity contribution in [2.75, 3.05) is 32.6 Å². The number of likely N-dealkylation sites (tertiary alicyclic amines) is 1. The summed E-state index contributed by atoms with van der Waals surface area (Å²) in [5.74, 6) is 1.64. The minimum absolute atomic E-state index is 0.0386. The first-order valence-electron chi connectivity index (χ1n) is 7.35. The summed E-state index contributed by atoms with van der Waals surface area (Å²) in [5, 5.41) is 13.2. The van der Waals surface area contributed by atoms with E-state index in [9.17, 15) is 4.79 Å². The first-order valence-corrected chi connectivity index (χ1v) is 7.73. The van der Waals surface area contributed by atoms with Crippen molar-refractivity contribution in [3.05, 3.63) is 17.4 Å². The van der Waals surface area contributed by atoms with Crippen LogP contribution in [0.15, 0.2) is 12.1 Å². The standard InChI is InChI=1S/C15H17ClN4O4/c1-23-11-5-9-10(6-12(11)24-2)18-14(16)19-13(9)17-8-3-4-20(7-8)15(21)22/h5-6,8H,3-4,7H2,1-2H3,(H,21,22)(H,17,18,19). The van der Waals surface area contributed by atoms with E-state index in [0.29, 0.717) is 42.3 Å². The van der Waals surface area contributed by atoms with Crippen molar-refractivity contribution in [3.8, 4) is 11.5 Å². The molecule has 2 N–H and O–H groups in total. The molecule has 1 aliphatic rings. The number of aromatic nitrogens is 2. The van der Waals surface area contributed by atoms with Crippen molar-refractivity contribution >= 4 is 34.4 Å². The summed E-state index contributed by atoms with van der Waals surface area (Å²) in [6, 6.07) is 3.46. The predicted octanol–water partition coefficient (Wildman–Crippen LogP) is 2.46. The fourth-order valence-corrected chi connectivity index (χ4v) is 2.96. The van der Waals surface area contributed by atoms with Gasteiger partial charge in [-0.3, -0.25) is 0 Å². The molecule has 1 aromatic heterocycles. The van der Waals surface area contributed by atoms with Gasteiger partial charge in [0.25, 0.3) is 0 Å². The van der Waals surface area contributed by atoms with Crippen molar-refractivity contribution in [1.82, 2.24) is 14.9 Å². The number of anilines is 1. The van der Waals surface area contributed by atoms with Crippen molar-refractivity contribution in [2.45, 2.75) is 12.5 Å². The predicted molar refractivity (Wildman–Crippen MR) is 89.3 cm³/mol. The number of carboxylic acid groups (broad SMARTS) is 1. The topological polar surface area (TPSA) is 96.8 Å². The third kappa shape index (κ3) is 3.09. The van der Waals surface area contributed by atoms with Crippen LogP contribution in [-0.4, -0.2) is 59.4 Å². The Morgan fingerprint density at radius 2 is 2.04 bits per heavy atom. The van der Waals surface area contributed by atoms with E-state index < -0.39 is 6.09 Å². The number of carbonyl (C=O) groups is 1. The van der Waals surface area contributed by atoms with Crippen molar-refractivity contribution in [3.63, 3.8) is 0 Å². The highest BCUT2D eigenvalue weighted by atomic mass is 35.5. The lowest BCUT2D eigenvalue weighted by molar-refractivity contribution is 0.155. The Morgan fingerprint density at radius 1 is 1.33 bits per heavy atom. The monoisotopic (exact) mass is 352 g/mol. The Hall–Kier alpha value is -2.48. The second-order valence-electron chi connectivity index (χ2n) is 5.42. The first kappa shape index (κ1) is 16.4. The van der Waals surface area contributed by atoms with Gasteiger partial charge in [0.2, 0.25) is 5.28 Å². The molecule has 0 aliphatic carbocycles. The molecule has 1 aromatic carbocycles. The number of nitrogens with one attached hydrogen (secondary N) is 1. The van der Waals surface area contributed by atoms with Crippen LogP contribution < -0.4 is 14.8 Å². The lowest BCUT2D eigenvalue weighted by atomic mass is 10.2. The SMILES string of the molecule is COc1cc2nc(Cl)nc(NC3CCN(C(=O)O)C3)c2cc1OC. The summed E-state index contributed by atoms with van der Waals surface area (Å²) in [4.78, 5) is 20.9. The second-order valence-corrected chi connectivity index (χ2v) is 5.76. The van der Waals surface area contributed by atoms with Crippen LogP contribution in [0.25, 0.3) is 10.9 Å². The largest absolute Gasteiger partial charge is 0.493 e. The Morgan fingerprint density at radius 3 is 2.67 bits per heavy atom. The van der Waals surface area contributed by atoms with Crippen LogP contribution >= 0.6 is 11.6 Å². The number of fused-ring (bicyclic) bond motifs is 1. The van der Waals surface area contributed by atoms with Crippen molar-refractivity contribution in [2.24, 2.45) is 0 Å². The highest BCUT2D eigenvalue weighted by molar-refractivity contribution is 6.28. The van der Waals surface area contributed by atoms with Crippen LogP contribution in [0.5, 0.6) is 11.5 Å². The number of methoxy groups -OCH3 is 2. The van der Waals surface area contributed by atoms with E-state index in [0.717, 1.165) is 5.39 Å². The number of benzene rings is 1. The van der Waals surface area contributed by atoms with Gasteiger partial charge in [-0.1, -0.05) is 0 Å². The Balaban J connectivity index is 1.96. The maximum absolute atomic E-state index is 11.0. The number of amides is 1. The number of nitrogens with zero attached hydrogens (tertiary/aromatic N) is 3. The second kappa shape index (κ2) is 6.56. The number of hydrogen-bond acceptors (Lipinski definition) is 6. The molecular formula is C15H17ClN4O4. The summed E-state index contributed by atoms with van der Waals surface area (Å²) in [6.07, 6.45) is -0.223. The van der Waals surface area contributed by atoms with Gasteiger partial charge in [-0.2, -0.15) is 0 Å². The molecule has 0 saturated carbocycles. The number of rotatable bonds is 4. The molecule has 1 amide bonds. The molecule has 128 valence electrons. The van der Waals surface area contributed by atoms with Gasteiger partial charge < -0.3 is 24.8 Å². The summed E-state index contributed by atoms with van der Waals surface area (Å²) in [6.45, 7) is 0.882. The van der Waals surface area contributed by atoms with Gasteiger partial charge in [-0.25, -0.2) is 14.8 Å². The summed E-state index contributed by atoms with van der Waals surface area (Å²) >= 11 is 6.02. The van der Waals surface area contributed by atoms with Crippen LogP contribution in [0.2, 0.25) is 5.28 Å². The number of halogens is 1. The molecule has 0 spiro atoms. The van der Waals surface area contributed by atoms with E-state index >= 15 is 0 Å². The van der Waals surface area contributed by atoms with Gasteiger partial charge in [0, 0.05) is 30.6 Å². The number of hydrogen-bond donors (Lipinski definition) is 2. The Bertz CT molecular complexity index is 786. The normalized spacial score (nSPS) is 17.1. The zero-order valence-corrected chi connectivity index (χ0v) is 14.0. The lowest BCUT2D eigenvalue weighted by Crippen LogP contribution is -2.30. The van der Waals surface area contributed by atoms with Crippen molar-refractivity contribution in [1.29, 1.82) is 0 Å². The molecule has 2 aromatic rings. The third-order valence-electron chi connectivity index (χ3n) is 3.97. The molecule has 0 radical (unpaired) electrons. The van der Waals surface area contributed by atoms with Gasteiger partial charge in [-0.15, -0.1) is 0 Å². The summed E-state index contributed by atoms with van der Waals surface area (Å²) < 4.78 is 10.6. The molecule has 24 heavy (non-hydrogen) atoms. The molecule has 1 atom stereocenters. The average molecular weight is 353 g/mol. The van der Waals surface area contributed by atoms with E-state index in [1.807, 2.05) is 0 Å². The van der Waals surface area contributed by atoms with Gasteiger partial charge >= 0.3 is 6.09 Å². The number of ether oxygens (including phenoxy) is 2. The molecule has 3 rings (SSSR count). The molecule has 9 heteroatoms. The summed E-state index contributed by atoms with van der Waals surface area (Å²) in [7, 11) is 3.10. The van der Waals surface area contributed by atoms with Crippen LogP contribution in [0.1, 0.15) is 6.42 Å². The molecule has 0 bridgehead atoms. The van der Waals surface area contributed by atoms with Crippen molar-refractivity contribution < 1.29 is 19.4 Å². The quantitative estimate of drug-likeness (QED) is 0.816. The molecule has 8 nitrogen and oxygen atoms in total. The Labute approximate surface area is 143 Å². The van der Waals surface area contributed by atoms with Gasteiger partial charge in [0.1, 0.15) is 5.82 Å². The molecule has 1 unspecified atom stereocenters. The third-order valence-corrected chi connectivity index (χ3v) is 4.14. The molecule has 1 aliphatic heterocycles. The van der Waals surface area contributed by atoms with E-state index in [1.54, 1.807) is 26.4 Å². The minimum atomic E-state index is -0.920. The van der Waals surface area contributed by atoms with Gasteiger partial charge in [0.15, 0.2) is 11.5 Å². The van der Waals surface area contributed by atoms with E-state index in [1.165, 1.54) is 4.90 Å². The smallest absolute Gasteiger partial charge is 0.407 e. The highest BCUT2D eigenvalue weighted by Crippen LogP contribution is 2.35. The zero-order valence-electron chi connectivity index (χ0n) is 13.2. The molecule has 1 fully saturated rings. The first-order chi connectivity index (χ1) is 11.5. The fourth-order valence-electron chi connectivity index (χ4n) is 2.78. The van der Waals surface area contributed by atoms with Gasteiger partial charge in [0.05, 0.1) is 19.7 Å². The molecule has 1 saturated heterocycles. The van der Waals surface area contributed by atoms with Crippen LogP contribution in [0.4, 0.5) is 10.6 Å². The van der Waals surface area contributed by atoms with Crippen LogP contribution in [0, 0.1) is 0 Å². The summed E-state index contributed by atoms with van der Waals surface area (Å²) in [5.41, 5.74) is 0.614. The molecular weight excluding hydrogens is 336 g/mol. The van der Waals surface area contributed by atoms with E-state index in [-0.39, 0.29) is 11.3 Å². The Kier molecular flexibility index (Phi) is 4.48. The average Bonchev–Trinajstić information content (AvgIpc) is 3.02. The molecule has 2 heterocycles. The van der Waals surface area contributed by atoms with E-state index in [4.69, 9.17) is 26.2 Å². The van der Waals surface area contributed by atoms with E-state index in [2.05, 4.69) is 15.3 Å². The minimum Gasteiger partial charge on any atom is -0.493 e.